The topological polar surface area (TPSA) is 63.1 Å². The Balaban J connectivity index is 1.16. The maximum atomic E-state index is 12.7. The minimum Gasteiger partial charge on any atom is -0.343 e. The highest BCUT2D eigenvalue weighted by atomic mass is 16.2. The van der Waals surface area contributed by atoms with Crippen LogP contribution in [0.25, 0.3) is 10.8 Å². The zero-order chi connectivity index (χ0) is 19.6. The Morgan fingerprint density at radius 3 is 2.72 bits per heavy atom. The summed E-state index contributed by atoms with van der Waals surface area (Å²) in [6.07, 6.45) is 3.34. The van der Waals surface area contributed by atoms with Crippen molar-refractivity contribution in [2.75, 3.05) is 19.6 Å². The number of benzene rings is 2. The number of amides is 1. The maximum absolute atomic E-state index is 12.7. The van der Waals surface area contributed by atoms with Crippen LogP contribution in [-0.2, 0) is 24.3 Å². The lowest BCUT2D eigenvalue weighted by Crippen LogP contribution is -2.39. The number of rotatable bonds is 4. The summed E-state index contributed by atoms with van der Waals surface area (Å²) in [6.45, 7) is 4.37. The molecule has 1 aromatic heterocycles. The van der Waals surface area contributed by atoms with E-state index in [0.717, 1.165) is 63.6 Å². The first-order valence-electron chi connectivity index (χ1n) is 10.7. The van der Waals surface area contributed by atoms with E-state index < -0.39 is 0 Å². The predicted molar refractivity (Wildman–Crippen MR) is 113 cm³/mol. The standard InChI is InChI=1S/C23H27N5O/c29-22(8-6-17-5-7-18-3-1-2-4-20(18)15-17)27-12-9-19(10-13-27)23-26-25-21-16-24-11-14-28(21)23/h1-5,7,15,19,24H,6,8-14,16H2. The third kappa shape index (κ3) is 3.77. The van der Waals surface area contributed by atoms with E-state index in [-0.39, 0.29) is 5.91 Å². The summed E-state index contributed by atoms with van der Waals surface area (Å²) < 4.78 is 2.28. The third-order valence-corrected chi connectivity index (χ3v) is 6.31. The molecule has 2 aromatic carbocycles. The number of piperidine rings is 1. The van der Waals surface area contributed by atoms with E-state index in [1.165, 1.54) is 16.3 Å². The van der Waals surface area contributed by atoms with Crippen molar-refractivity contribution in [2.24, 2.45) is 0 Å². The molecule has 2 aliphatic heterocycles. The Kier molecular flexibility index (Phi) is 5.02. The first-order chi connectivity index (χ1) is 14.3. The molecule has 1 amide bonds. The van der Waals surface area contributed by atoms with Crippen molar-refractivity contribution in [1.82, 2.24) is 25.0 Å². The van der Waals surface area contributed by atoms with Crippen molar-refractivity contribution in [3.8, 4) is 0 Å². The lowest BCUT2D eigenvalue weighted by atomic mass is 9.95. The van der Waals surface area contributed by atoms with Crippen LogP contribution in [0, 0.1) is 0 Å². The van der Waals surface area contributed by atoms with Crippen LogP contribution in [0.4, 0.5) is 0 Å². The van der Waals surface area contributed by atoms with E-state index in [0.29, 0.717) is 12.3 Å². The van der Waals surface area contributed by atoms with Gasteiger partial charge in [0.05, 0.1) is 6.54 Å². The van der Waals surface area contributed by atoms with Crippen molar-refractivity contribution in [1.29, 1.82) is 0 Å². The molecule has 1 N–H and O–H groups in total. The lowest BCUT2D eigenvalue weighted by Gasteiger charge is -2.32. The Morgan fingerprint density at radius 1 is 1.03 bits per heavy atom. The molecule has 29 heavy (non-hydrogen) atoms. The van der Waals surface area contributed by atoms with Gasteiger partial charge in [0.25, 0.3) is 0 Å². The summed E-state index contributed by atoms with van der Waals surface area (Å²) in [5.74, 6) is 2.84. The van der Waals surface area contributed by atoms with E-state index in [4.69, 9.17) is 0 Å². The van der Waals surface area contributed by atoms with Crippen LogP contribution >= 0.6 is 0 Å². The molecule has 0 aliphatic carbocycles. The molecule has 0 saturated carbocycles. The molecular formula is C23H27N5O. The first-order valence-corrected chi connectivity index (χ1v) is 10.7. The summed E-state index contributed by atoms with van der Waals surface area (Å²) in [7, 11) is 0. The predicted octanol–water partition coefficient (Wildman–Crippen LogP) is 2.87. The average molecular weight is 390 g/mol. The van der Waals surface area contributed by atoms with Crippen molar-refractivity contribution in [2.45, 2.75) is 44.7 Å². The molecule has 6 heteroatoms. The number of likely N-dealkylation sites (tertiary alicyclic amines) is 1. The summed E-state index contributed by atoms with van der Waals surface area (Å²) in [4.78, 5) is 14.8. The van der Waals surface area contributed by atoms with Gasteiger partial charge in [-0.25, -0.2) is 0 Å². The van der Waals surface area contributed by atoms with Gasteiger partial charge in [0.15, 0.2) is 0 Å². The molecule has 1 saturated heterocycles. The highest BCUT2D eigenvalue weighted by molar-refractivity contribution is 5.83. The number of aryl methyl sites for hydroxylation is 1. The number of aromatic nitrogens is 3. The van der Waals surface area contributed by atoms with Gasteiger partial charge >= 0.3 is 0 Å². The largest absolute Gasteiger partial charge is 0.343 e. The highest BCUT2D eigenvalue weighted by Crippen LogP contribution is 2.28. The van der Waals surface area contributed by atoms with Crippen LogP contribution in [0.5, 0.6) is 0 Å². The third-order valence-electron chi connectivity index (χ3n) is 6.31. The number of nitrogens with one attached hydrogen (secondary N) is 1. The number of carbonyl (C=O) groups is 1. The van der Waals surface area contributed by atoms with Gasteiger partial charge in [-0.3, -0.25) is 4.79 Å². The number of fused-ring (bicyclic) bond motifs is 2. The number of nitrogens with zero attached hydrogens (tertiary/aromatic N) is 4. The van der Waals surface area contributed by atoms with Crippen LogP contribution in [0.1, 0.15) is 42.4 Å². The Labute approximate surface area is 170 Å². The van der Waals surface area contributed by atoms with Gasteiger partial charge in [0.1, 0.15) is 11.6 Å². The Bertz CT molecular complexity index is 1020. The number of carbonyl (C=O) groups excluding carboxylic acids is 1. The Hall–Kier alpha value is -2.73. The second-order valence-electron chi connectivity index (χ2n) is 8.14. The van der Waals surface area contributed by atoms with Gasteiger partial charge < -0.3 is 14.8 Å². The molecular weight excluding hydrogens is 362 g/mol. The van der Waals surface area contributed by atoms with Crippen LogP contribution in [0.3, 0.4) is 0 Å². The Morgan fingerprint density at radius 2 is 1.86 bits per heavy atom. The summed E-state index contributed by atoms with van der Waals surface area (Å²) in [6, 6.07) is 14.9. The van der Waals surface area contributed by atoms with E-state index in [1.807, 2.05) is 4.90 Å². The van der Waals surface area contributed by atoms with Gasteiger partial charge in [-0.15, -0.1) is 10.2 Å². The van der Waals surface area contributed by atoms with Crippen LogP contribution in [-0.4, -0.2) is 45.2 Å². The van der Waals surface area contributed by atoms with Gasteiger partial charge in [0, 0.05) is 38.5 Å². The van der Waals surface area contributed by atoms with Gasteiger partial charge in [-0.1, -0.05) is 42.5 Å². The molecule has 3 aromatic rings. The normalized spacial score (nSPS) is 17.4. The van der Waals surface area contributed by atoms with Crippen molar-refractivity contribution >= 4 is 16.7 Å². The summed E-state index contributed by atoms with van der Waals surface area (Å²) in [5.41, 5.74) is 1.23. The average Bonchev–Trinajstić information content (AvgIpc) is 3.21. The molecule has 0 radical (unpaired) electrons. The van der Waals surface area contributed by atoms with Gasteiger partial charge in [0.2, 0.25) is 5.91 Å². The maximum Gasteiger partial charge on any atom is 0.222 e. The smallest absolute Gasteiger partial charge is 0.222 e. The van der Waals surface area contributed by atoms with Gasteiger partial charge in [-0.2, -0.15) is 0 Å². The van der Waals surface area contributed by atoms with E-state index in [1.54, 1.807) is 0 Å². The van der Waals surface area contributed by atoms with Gasteiger partial charge in [-0.05, 0) is 35.6 Å². The molecule has 5 rings (SSSR count). The van der Waals surface area contributed by atoms with E-state index in [2.05, 4.69) is 62.5 Å². The van der Waals surface area contributed by atoms with Crippen molar-refractivity contribution in [3.63, 3.8) is 0 Å². The van der Waals surface area contributed by atoms with Crippen LogP contribution in [0.15, 0.2) is 42.5 Å². The molecule has 0 bridgehead atoms. The quantitative estimate of drug-likeness (QED) is 0.745. The molecule has 2 aliphatic rings. The fourth-order valence-corrected chi connectivity index (χ4v) is 4.61. The highest BCUT2D eigenvalue weighted by Gasteiger charge is 2.28. The first kappa shape index (κ1) is 18.3. The number of hydrogen-bond donors (Lipinski definition) is 1. The minimum absolute atomic E-state index is 0.268. The summed E-state index contributed by atoms with van der Waals surface area (Å²) >= 11 is 0. The van der Waals surface area contributed by atoms with Crippen LogP contribution < -0.4 is 5.32 Å². The molecule has 6 nitrogen and oxygen atoms in total. The van der Waals surface area contributed by atoms with Crippen molar-refractivity contribution in [3.05, 3.63) is 59.7 Å². The SMILES string of the molecule is O=C(CCc1ccc2ccccc2c1)N1CCC(c2nnc3n2CCNC3)CC1. The number of hydrogen-bond acceptors (Lipinski definition) is 4. The second-order valence-corrected chi connectivity index (χ2v) is 8.14. The molecule has 0 spiro atoms. The fourth-order valence-electron chi connectivity index (χ4n) is 4.61. The molecule has 3 heterocycles. The monoisotopic (exact) mass is 389 g/mol. The molecule has 1 fully saturated rings. The van der Waals surface area contributed by atoms with E-state index in [9.17, 15) is 4.79 Å². The second kappa shape index (κ2) is 7.95. The minimum atomic E-state index is 0.268. The summed E-state index contributed by atoms with van der Waals surface area (Å²) in [5, 5.41) is 14.6. The fraction of sp³-hybridized carbons (Fsp3) is 0.435. The molecule has 0 unspecified atom stereocenters. The molecule has 150 valence electrons. The zero-order valence-corrected chi connectivity index (χ0v) is 16.7. The zero-order valence-electron chi connectivity index (χ0n) is 16.7. The van der Waals surface area contributed by atoms with E-state index >= 15 is 0 Å². The van der Waals surface area contributed by atoms with Crippen LogP contribution in [0.2, 0.25) is 0 Å². The molecule has 0 atom stereocenters. The van der Waals surface area contributed by atoms with Crippen molar-refractivity contribution < 1.29 is 4.79 Å². The lowest BCUT2D eigenvalue weighted by molar-refractivity contribution is -0.132.